The molecule has 1 nitrogen and oxygen atoms in total. The summed E-state index contributed by atoms with van der Waals surface area (Å²) in [5.41, 5.74) is 1.40. The van der Waals surface area contributed by atoms with Crippen LogP contribution >= 0.6 is 23.4 Å². The highest BCUT2D eigenvalue weighted by Crippen LogP contribution is 2.41. The van der Waals surface area contributed by atoms with Gasteiger partial charge in [0.2, 0.25) is 0 Å². The van der Waals surface area contributed by atoms with E-state index in [0.29, 0.717) is 6.04 Å². The molecule has 1 aromatic carbocycles. The van der Waals surface area contributed by atoms with Gasteiger partial charge in [-0.1, -0.05) is 36.6 Å². The highest BCUT2D eigenvalue weighted by atomic mass is 35.5. The molecule has 1 aromatic rings. The number of thioether (sulfide) groups is 1. The van der Waals surface area contributed by atoms with E-state index in [1.807, 2.05) is 23.9 Å². The molecule has 20 heavy (non-hydrogen) atoms. The van der Waals surface area contributed by atoms with Crippen LogP contribution in [0.5, 0.6) is 0 Å². The van der Waals surface area contributed by atoms with Crippen molar-refractivity contribution in [3.05, 3.63) is 34.9 Å². The van der Waals surface area contributed by atoms with Crippen LogP contribution in [0.4, 0.5) is 0 Å². The summed E-state index contributed by atoms with van der Waals surface area (Å²) < 4.78 is 0. The molecule has 1 aliphatic rings. The Kier molecular flexibility index (Phi) is 7.26. The third-order valence-electron chi connectivity index (χ3n) is 3.96. The minimum Gasteiger partial charge on any atom is -0.310 e. The molecule has 1 saturated carbocycles. The number of hydrogen-bond donors (Lipinski definition) is 1. The van der Waals surface area contributed by atoms with Crippen molar-refractivity contribution < 1.29 is 0 Å². The fourth-order valence-corrected chi connectivity index (χ4v) is 3.26. The first-order valence-electron chi connectivity index (χ1n) is 7.79. The molecule has 3 heteroatoms. The van der Waals surface area contributed by atoms with Gasteiger partial charge in [0.25, 0.3) is 0 Å². The third kappa shape index (κ3) is 5.67. The Hall–Kier alpha value is -0.180. The Morgan fingerprint density at radius 1 is 1.15 bits per heavy atom. The Morgan fingerprint density at radius 2 is 1.85 bits per heavy atom. The summed E-state index contributed by atoms with van der Waals surface area (Å²) in [6, 6.07) is 8.92. The van der Waals surface area contributed by atoms with E-state index in [4.69, 9.17) is 11.6 Å². The van der Waals surface area contributed by atoms with Crippen molar-refractivity contribution in [2.75, 3.05) is 18.6 Å². The molecule has 0 bridgehead atoms. The zero-order chi connectivity index (χ0) is 14.2. The second-order valence-electron chi connectivity index (χ2n) is 5.73. The van der Waals surface area contributed by atoms with Crippen LogP contribution in [0.2, 0.25) is 5.02 Å². The van der Waals surface area contributed by atoms with Crippen molar-refractivity contribution in [2.45, 2.75) is 44.6 Å². The van der Waals surface area contributed by atoms with Gasteiger partial charge in [0.15, 0.2) is 0 Å². The maximum absolute atomic E-state index is 5.98. The van der Waals surface area contributed by atoms with E-state index < -0.39 is 0 Å². The summed E-state index contributed by atoms with van der Waals surface area (Å²) in [7, 11) is 0. The van der Waals surface area contributed by atoms with Gasteiger partial charge in [0.05, 0.1) is 0 Å². The van der Waals surface area contributed by atoms with E-state index in [1.54, 1.807) is 0 Å². The lowest BCUT2D eigenvalue weighted by atomic mass is 10.0. The molecule has 0 saturated heterocycles. The predicted octanol–water partition coefficient (Wildman–Crippen LogP) is 5.30. The number of nitrogens with one attached hydrogen (secondary N) is 1. The minimum atomic E-state index is 0.540. The lowest BCUT2D eigenvalue weighted by molar-refractivity contribution is 0.467. The molecule has 1 aliphatic carbocycles. The Morgan fingerprint density at radius 3 is 2.50 bits per heavy atom. The van der Waals surface area contributed by atoms with E-state index >= 15 is 0 Å². The van der Waals surface area contributed by atoms with E-state index in [-0.39, 0.29) is 0 Å². The molecule has 112 valence electrons. The molecule has 1 atom stereocenters. The van der Waals surface area contributed by atoms with Crippen molar-refractivity contribution in [3.63, 3.8) is 0 Å². The highest BCUT2D eigenvalue weighted by Gasteiger charge is 2.31. The fourth-order valence-electron chi connectivity index (χ4n) is 2.64. The summed E-state index contributed by atoms with van der Waals surface area (Å²) in [4.78, 5) is 0. The van der Waals surface area contributed by atoms with Crippen LogP contribution in [0.25, 0.3) is 0 Å². The molecular weight excluding hydrogens is 286 g/mol. The topological polar surface area (TPSA) is 12.0 Å². The van der Waals surface area contributed by atoms with Crippen LogP contribution in [-0.4, -0.2) is 18.6 Å². The average Bonchev–Trinajstić information content (AvgIpc) is 3.28. The molecule has 1 N–H and O–H groups in total. The Labute approximate surface area is 132 Å². The normalized spacial score (nSPS) is 16.3. The monoisotopic (exact) mass is 311 g/mol. The van der Waals surface area contributed by atoms with Gasteiger partial charge in [-0.25, -0.2) is 0 Å². The molecule has 0 radical (unpaired) electrons. The summed E-state index contributed by atoms with van der Waals surface area (Å²) in [5.74, 6) is 2.15. The smallest absolute Gasteiger partial charge is 0.0406 e. The largest absolute Gasteiger partial charge is 0.310 e. The van der Waals surface area contributed by atoms with Gasteiger partial charge in [-0.2, -0.15) is 11.8 Å². The van der Waals surface area contributed by atoms with Gasteiger partial charge in [0.1, 0.15) is 0 Å². The van der Waals surface area contributed by atoms with Crippen molar-refractivity contribution in [3.8, 4) is 0 Å². The van der Waals surface area contributed by atoms with Crippen LogP contribution < -0.4 is 5.32 Å². The lowest BCUT2D eigenvalue weighted by Gasteiger charge is -2.19. The second-order valence-corrected chi connectivity index (χ2v) is 7.15. The first-order chi connectivity index (χ1) is 9.81. The Balaban J connectivity index is 1.69. The fraction of sp³-hybridized carbons (Fsp3) is 0.647. The van der Waals surface area contributed by atoms with Gasteiger partial charge >= 0.3 is 0 Å². The predicted molar refractivity (Wildman–Crippen MR) is 91.8 cm³/mol. The van der Waals surface area contributed by atoms with E-state index in [2.05, 4.69) is 23.7 Å². The van der Waals surface area contributed by atoms with E-state index in [9.17, 15) is 0 Å². The number of rotatable bonds is 10. The SMILES string of the molecule is CSCCCCCCNC(c1ccc(Cl)cc1)C1CC1. The first kappa shape index (κ1) is 16.2. The summed E-state index contributed by atoms with van der Waals surface area (Å²) >= 11 is 7.93. The molecule has 0 spiro atoms. The number of unbranched alkanes of at least 4 members (excludes halogenated alkanes) is 3. The van der Waals surface area contributed by atoms with Crippen LogP contribution in [0, 0.1) is 5.92 Å². The van der Waals surface area contributed by atoms with Crippen LogP contribution in [-0.2, 0) is 0 Å². The maximum atomic E-state index is 5.98. The molecule has 0 heterocycles. The van der Waals surface area contributed by atoms with E-state index in [1.165, 1.54) is 49.8 Å². The Bertz CT molecular complexity index is 375. The molecule has 1 unspecified atom stereocenters. The van der Waals surface area contributed by atoms with Gasteiger partial charge < -0.3 is 5.32 Å². The summed E-state index contributed by atoms with van der Waals surface area (Å²) in [5, 5.41) is 4.59. The van der Waals surface area contributed by atoms with Gasteiger partial charge in [-0.15, -0.1) is 0 Å². The van der Waals surface area contributed by atoms with Crippen molar-refractivity contribution in [2.24, 2.45) is 5.92 Å². The number of halogens is 1. The molecule has 0 aromatic heterocycles. The van der Waals surface area contributed by atoms with Gasteiger partial charge in [0, 0.05) is 11.1 Å². The molecular formula is C17H26ClNS. The van der Waals surface area contributed by atoms with Crippen LogP contribution in [0.1, 0.15) is 50.1 Å². The zero-order valence-corrected chi connectivity index (χ0v) is 14.0. The lowest BCUT2D eigenvalue weighted by Crippen LogP contribution is -2.24. The standard InChI is InChI=1S/C17H26ClNS/c1-20-13-5-3-2-4-12-19-17(14-6-7-14)15-8-10-16(18)11-9-15/h8-11,14,17,19H,2-7,12-13H2,1H3. The quantitative estimate of drug-likeness (QED) is 0.588. The van der Waals surface area contributed by atoms with Gasteiger partial charge in [-0.05, 0) is 67.9 Å². The summed E-state index contributed by atoms with van der Waals surface area (Å²) in [6.45, 7) is 1.14. The summed E-state index contributed by atoms with van der Waals surface area (Å²) in [6.07, 6.45) is 10.3. The highest BCUT2D eigenvalue weighted by molar-refractivity contribution is 7.98. The minimum absolute atomic E-state index is 0.540. The van der Waals surface area contributed by atoms with E-state index in [0.717, 1.165) is 17.5 Å². The number of hydrogen-bond acceptors (Lipinski definition) is 2. The average molecular weight is 312 g/mol. The van der Waals surface area contributed by atoms with Crippen LogP contribution in [0.3, 0.4) is 0 Å². The van der Waals surface area contributed by atoms with Crippen molar-refractivity contribution >= 4 is 23.4 Å². The van der Waals surface area contributed by atoms with Crippen LogP contribution in [0.15, 0.2) is 24.3 Å². The number of benzene rings is 1. The second kappa shape index (κ2) is 8.96. The molecule has 0 amide bonds. The molecule has 0 aliphatic heterocycles. The molecule has 2 rings (SSSR count). The third-order valence-corrected chi connectivity index (χ3v) is 4.91. The maximum Gasteiger partial charge on any atom is 0.0406 e. The van der Waals surface area contributed by atoms with Crippen molar-refractivity contribution in [1.29, 1.82) is 0 Å². The van der Waals surface area contributed by atoms with Crippen molar-refractivity contribution in [1.82, 2.24) is 5.32 Å². The van der Waals surface area contributed by atoms with Gasteiger partial charge in [-0.3, -0.25) is 0 Å². The zero-order valence-electron chi connectivity index (χ0n) is 12.4. The molecule has 1 fully saturated rings. The first-order valence-corrected chi connectivity index (χ1v) is 9.56.